The standard InChI is InChI=1S/C14H10BrNO3/c15-10-3-1-9(2-4-10)14(17)16-11-5-6-12-13(7-11)19-8-18-12/h1-7H,8H2,(H,16,17). The van der Waals surface area contributed by atoms with Gasteiger partial charge >= 0.3 is 0 Å². The molecule has 2 aromatic carbocycles. The Balaban J connectivity index is 1.77. The molecule has 0 aliphatic carbocycles. The number of nitrogens with one attached hydrogen (secondary N) is 1. The third-order valence-corrected chi connectivity index (χ3v) is 3.27. The van der Waals surface area contributed by atoms with Crippen molar-refractivity contribution in [3.8, 4) is 11.5 Å². The van der Waals surface area contributed by atoms with E-state index in [4.69, 9.17) is 9.47 Å². The van der Waals surface area contributed by atoms with Gasteiger partial charge in [0.2, 0.25) is 6.79 Å². The van der Waals surface area contributed by atoms with Crippen LogP contribution in [0.4, 0.5) is 5.69 Å². The van der Waals surface area contributed by atoms with Gasteiger partial charge in [-0.25, -0.2) is 0 Å². The van der Waals surface area contributed by atoms with Crippen LogP contribution in [0.1, 0.15) is 10.4 Å². The van der Waals surface area contributed by atoms with E-state index in [1.54, 1.807) is 30.3 Å². The van der Waals surface area contributed by atoms with Crippen LogP contribution in [0.15, 0.2) is 46.9 Å². The van der Waals surface area contributed by atoms with E-state index in [9.17, 15) is 4.79 Å². The fourth-order valence-corrected chi connectivity index (χ4v) is 2.04. The number of hydrogen-bond acceptors (Lipinski definition) is 3. The normalized spacial score (nSPS) is 12.3. The third kappa shape index (κ3) is 2.56. The molecule has 1 aliphatic rings. The van der Waals surface area contributed by atoms with Crippen LogP contribution in [0, 0.1) is 0 Å². The lowest BCUT2D eigenvalue weighted by molar-refractivity contribution is 0.102. The summed E-state index contributed by atoms with van der Waals surface area (Å²) >= 11 is 3.33. The highest BCUT2D eigenvalue weighted by atomic mass is 79.9. The summed E-state index contributed by atoms with van der Waals surface area (Å²) in [6.07, 6.45) is 0. The minimum atomic E-state index is -0.161. The summed E-state index contributed by atoms with van der Waals surface area (Å²) in [6, 6.07) is 12.5. The molecule has 0 radical (unpaired) electrons. The summed E-state index contributed by atoms with van der Waals surface area (Å²) in [7, 11) is 0. The predicted octanol–water partition coefficient (Wildman–Crippen LogP) is 3.43. The second-order valence-electron chi connectivity index (χ2n) is 4.03. The Morgan fingerprint density at radius 3 is 2.58 bits per heavy atom. The van der Waals surface area contributed by atoms with Crippen molar-refractivity contribution in [1.82, 2.24) is 0 Å². The van der Waals surface area contributed by atoms with E-state index in [2.05, 4.69) is 21.2 Å². The Morgan fingerprint density at radius 2 is 1.79 bits per heavy atom. The van der Waals surface area contributed by atoms with Crippen molar-refractivity contribution in [3.63, 3.8) is 0 Å². The quantitative estimate of drug-likeness (QED) is 0.922. The van der Waals surface area contributed by atoms with Gasteiger partial charge < -0.3 is 14.8 Å². The van der Waals surface area contributed by atoms with Crippen LogP contribution in [0.5, 0.6) is 11.5 Å². The summed E-state index contributed by atoms with van der Waals surface area (Å²) in [5.74, 6) is 1.18. The molecule has 0 unspecified atom stereocenters. The summed E-state index contributed by atoms with van der Waals surface area (Å²) in [5, 5.41) is 2.82. The average molecular weight is 320 g/mol. The summed E-state index contributed by atoms with van der Waals surface area (Å²) < 4.78 is 11.4. The topological polar surface area (TPSA) is 47.6 Å². The lowest BCUT2D eigenvalue weighted by Crippen LogP contribution is -2.11. The largest absolute Gasteiger partial charge is 0.454 e. The first kappa shape index (κ1) is 12.0. The van der Waals surface area contributed by atoms with Gasteiger partial charge in [-0.15, -0.1) is 0 Å². The van der Waals surface area contributed by atoms with Crippen molar-refractivity contribution in [2.45, 2.75) is 0 Å². The van der Waals surface area contributed by atoms with E-state index in [1.807, 2.05) is 12.1 Å². The van der Waals surface area contributed by atoms with Gasteiger partial charge in [0.15, 0.2) is 11.5 Å². The second kappa shape index (κ2) is 4.93. The van der Waals surface area contributed by atoms with Gasteiger partial charge in [0.05, 0.1) is 0 Å². The SMILES string of the molecule is O=C(Nc1ccc2c(c1)OCO2)c1ccc(Br)cc1. The Hall–Kier alpha value is -2.01. The van der Waals surface area contributed by atoms with E-state index in [0.717, 1.165) is 4.47 Å². The molecule has 0 aromatic heterocycles. The number of hydrogen-bond donors (Lipinski definition) is 1. The number of anilines is 1. The lowest BCUT2D eigenvalue weighted by Gasteiger charge is -2.06. The van der Waals surface area contributed by atoms with E-state index in [-0.39, 0.29) is 12.7 Å². The van der Waals surface area contributed by atoms with Gasteiger partial charge in [0, 0.05) is 21.8 Å². The van der Waals surface area contributed by atoms with Crippen molar-refractivity contribution < 1.29 is 14.3 Å². The van der Waals surface area contributed by atoms with E-state index in [1.165, 1.54) is 0 Å². The van der Waals surface area contributed by atoms with Crippen molar-refractivity contribution in [3.05, 3.63) is 52.5 Å². The number of carbonyl (C=O) groups is 1. The van der Waals surface area contributed by atoms with Crippen LogP contribution in [0.2, 0.25) is 0 Å². The molecule has 96 valence electrons. The maximum absolute atomic E-state index is 12.0. The second-order valence-corrected chi connectivity index (χ2v) is 4.94. The molecule has 0 saturated carbocycles. The Bertz CT molecular complexity index is 625. The van der Waals surface area contributed by atoms with E-state index >= 15 is 0 Å². The molecule has 0 atom stereocenters. The zero-order valence-electron chi connectivity index (χ0n) is 9.85. The number of carbonyl (C=O) groups excluding carboxylic acids is 1. The third-order valence-electron chi connectivity index (χ3n) is 2.74. The number of halogens is 1. The van der Waals surface area contributed by atoms with Crippen LogP contribution >= 0.6 is 15.9 Å². The van der Waals surface area contributed by atoms with E-state index in [0.29, 0.717) is 22.7 Å². The highest BCUT2D eigenvalue weighted by Gasteiger charge is 2.14. The molecule has 0 spiro atoms. The molecule has 0 saturated heterocycles. The Morgan fingerprint density at radius 1 is 1.05 bits per heavy atom. The van der Waals surface area contributed by atoms with Crippen molar-refractivity contribution in [2.75, 3.05) is 12.1 Å². The van der Waals surface area contributed by atoms with Crippen molar-refractivity contribution >= 4 is 27.5 Å². The molecular weight excluding hydrogens is 310 g/mol. The highest BCUT2D eigenvalue weighted by molar-refractivity contribution is 9.10. The van der Waals surface area contributed by atoms with Crippen LogP contribution in [0.25, 0.3) is 0 Å². The molecule has 1 aliphatic heterocycles. The minimum absolute atomic E-state index is 0.161. The first-order chi connectivity index (χ1) is 9.22. The fourth-order valence-electron chi connectivity index (χ4n) is 1.78. The maximum Gasteiger partial charge on any atom is 0.255 e. The lowest BCUT2D eigenvalue weighted by atomic mass is 10.2. The van der Waals surface area contributed by atoms with Crippen LogP contribution in [-0.4, -0.2) is 12.7 Å². The fraction of sp³-hybridized carbons (Fsp3) is 0.0714. The summed E-state index contributed by atoms with van der Waals surface area (Å²) in [5.41, 5.74) is 1.28. The van der Waals surface area contributed by atoms with Crippen molar-refractivity contribution in [1.29, 1.82) is 0 Å². The zero-order valence-corrected chi connectivity index (χ0v) is 11.4. The van der Waals surface area contributed by atoms with Crippen LogP contribution in [0.3, 0.4) is 0 Å². The van der Waals surface area contributed by atoms with Gasteiger partial charge in [0.1, 0.15) is 0 Å². The minimum Gasteiger partial charge on any atom is -0.454 e. The predicted molar refractivity (Wildman–Crippen MR) is 74.7 cm³/mol. The van der Waals surface area contributed by atoms with Crippen LogP contribution < -0.4 is 14.8 Å². The van der Waals surface area contributed by atoms with Gasteiger partial charge in [-0.2, -0.15) is 0 Å². The summed E-state index contributed by atoms with van der Waals surface area (Å²) in [6.45, 7) is 0.222. The Kier molecular flexibility index (Phi) is 3.13. The van der Waals surface area contributed by atoms with Crippen molar-refractivity contribution in [2.24, 2.45) is 0 Å². The van der Waals surface area contributed by atoms with E-state index < -0.39 is 0 Å². The first-order valence-corrected chi connectivity index (χ1v) is 6.48. The Labute approximate surface area is 118 Å². The average Bonchev–Trinajstić information content (AvgIpc) is 2.87. The van der Waals surface area contributed by atoms with Gasteiger partial charge in [-0.05, 0) is 36.4 Å². The molecule has 3 rings (SSSR count). The molecule has 2 aromatic rings. The molecular formula is C14H10BrNO3. The number of benzene rings is 2. The molecule has 1 N–H and O–H groups in total. The molecule has 0 bridgehead atoms. The number of rotatable bonds is 2. The smallest absolute Gasteiger partial charge is 0.255 e. The molecule has 0 fully saturated rings. The number of ether oxygens (including phenoxy) is 2. The molecule has 1 heterocycles. The summed E-state index contributed by atoms with van der Waals surface area (Å²) in [4.78, 5) is 12.0. The van der Waals surface area contributed by atoms with Crippen LogP contribution in [-0.2, 0) is 0 Å². The highest BCUT2D eigenvalue weighted by Crippen LogP contribution is 2.34. The zero-order chi connectivity index (χ0) is 13.2. The van der Waals surface area contributed by atoms with Gasteiger partial charge in [0.25, 0.3) is 5.91 Å². The monoisotopic (exact) mass is 319 g/mol. The molecule has 1 amide bonds. The maximum atomic E-state index is 12.0. The molecule has 4 nitrogen and oxygen atoms in total. The van der Waals surface area contributed by atoms with Gasteiger partial charge in [-0.3, -0.25) is 4.79 Å². The molecule has 19 heavy (non-hydrogen) atoms. The molecule has 5 heteroatoms. The first-order valence-electron chi connectivity index (χ1n) is 5.69. The number of fused-ring (bicyclic) bond motifs is 1. The van der Waals surface area contributed by atoms with Gasteiger partial charge in [-0.1, -0.05) is 15.9 Å². The number of amides is 1.